The molecule has 0 spiro atoms. The Kier molecular flexibility index (Phi) is 6.22. The van der Waals surface area contributed by atoms with Crippen molar-refractivity contribution in [1.29, 1.82) is 0 Å². The van der Waals surface area contributed by atoms with Crippen molar-refractivity contribution in [3.8, 4) is 5.75 Å². The number of carbonyl (C=O) groups excluding carboxylic acids is 1. The second-order valence-corrected chi connectivity index (χ2v) is 9.88. The minimum absolute atomic E-state index is 0.00136. The molecule has 0 radical (unpaired) electrons. The van der Waals surface area contributed by atoms with E-state index in [0.29, 0.717) is 11.2 Å². The van der Waals surface area contributed by atoms with Crippen LogP contribution in [0.3, 0.4) is 0 Å². The number of aryl methyl sites for hydroxylation is 1. The number of nitrogens with one attached hydrogen (secondary N) is 4. The first-order chi connectivity index (χ1) is 15.7. The van der Waals surface area contributed by atoms with E-state index in [1.807, 2.05) is 13.0 Å². The number of aromatic nitrogens is 4. The van der Waals surface area contributed by atoms with E-state index in [-0.39, 0.29) is 17.9 Å². The van der Waals surface area contributed by atoms with Gasteiger partial charge in [0.15, 0.2) is 16.6 Å². The standard InChI is InChI=1S/C22H29N7O2S/c1-13-11-25-22(32-13)27-21(30)14-4-6-16(7-5-14)31-17-8-10-24-19-18(17)20(29-28-19)26-15-3-2-9-23-12-15/h8,10-11,14-16,23H,2-7,9,12H2,1H3,(H,25,27,30)(H2,24,26,28,29)/t14?,15-,16?/m1/s1. The lowest BCUT2D eigenvalue weighted by molar-refractivity contribution is -0.121. The number of aromatic amines is 1. The van der Waals surface area contributed by atoms with Crippen LogP contribution >= 0.6 is 11.3 Å². The van der Waals surface area contributed by atoms with Crippen LogP contribution in [0.4, 0.5) is 10.9 Å². The normalized spacial score (nSPS) is 23.7. The van der Waals surface area contributed by atoms with Gasteiger partial charge in [-0.3, -0.25) is 9.89 Å². The Balaban J connectivity index is 1.21. The maximum Gasteiger partial charge on any atom is 0.229 e. The molecule has 0 aromatic carbocycles. The fourth-order valence-electron chi connectivity index (χ4n) is 4.54. The molecule has 1 saturated heterocycles. The Morgan fingerprint density at radius 3 is 2.84 bits per heavy atom. The summed E-state index contributed by atoms with van der Waals surface area (Å²) in [4.78, 5) is 22.3. The highest BCUT2D eigenvalue weighted by Crippen LogP contribution is 2.34. The van der Waals surface area contributed by atoms with Crippen molar-refractivity contribution in [2.75, 3.05) is 23.7 Å². The number of hydrogen-bond acceptors (Lipinski definition) is 8. The number of rotatable bonds is 6. The van der Waals surface area contributed by atoms with Crippen LogP contribution in [-0.4, -0.2) is 51.3 Å². The van der Waals surface area contributed by atoms with Crippen LogP contribution in [-0.2, 0) is 4.79 Å². The molecule has 1 amide bonds. The van der Waals surface area contributed by atoms with Gasteiger partial charge < -0.3 is 20.7 Å². The van der Waals surface area contributed by atoms with E-state index < -0.39 is 0 Å². The van der Waals surface area contributed by atoms with Gasteiger partial charge in [-0.25, -0.2) is 9.97 Å². The quantitative estimate of drug-likeness (QED) is 0.450. The van der Waals surface area contributed by atoms with E-state index in [0.717, 1.165) is 79.1 Å². The average molecular weight is 456 g/mol. The minimum atomic E-state index is 0.00136. The van der Waals surface area contributed by atoms with Gasteiger partial charge in [-0.2, -0.15) is 5.10 Å². The molecule has 4 heterocycles. The lowest BCUT2D eigenvalue weighted by atomic mass is 9.87. The fourth-order valence-corrected chi connectivity index (χ4v) is 5.20. The number of hydrogen-bond donors (Lipinski definition) is 4. The smallest absolute Gasteiger partial charge is 0.229 e. The van der Waals surface area contributed by atoms with Crippen LogP contribution in [0.1, 0.15) is 43.4 Å². The van der Waals surface area contributed by atoms with Crippen molar-refractivity contribution in [3.05, 3.63) is 23.3 Å². The van der Waals surface area contributed by atoms with E-state index in [9.17, 15) is 4.79 Å². The third kappa shape index (κ3) is 4.71. The van der Waals surface area contributed by atoms with E-state index in [2.05, 4.69) is 36.1 Å². The molecule has 2 fully saturated rings. The van der Waals surface area contributed by atoms with Crippen LogP contribution in [0.25, 0.3) is 11.0 Å². The Morgan fingerprint density at radius 2 is 2.09 bits per heavy atom. The molecule has 4 N–H and O–H groups in total. The third-order valence-electron chi connectivity index (χ3n) is 6.25. The molecule has 1 aliphatic carbocycles. The van der Waals surface area contributed by atoms with E-state index in [1.165, 1.54) is 11.3 Å². The molecule has 10 heteroatoms. The van der Waals surface area contributed by atoms with Gasteiger partial charge in [0.05, 0.1) is 6.10 Å². The van der Waals surface area contributed by atoms with Gasteiger partial charge in [0, 0.05) is 35.8 Å². The predicted molar refractivity (Wildman–Crippen MR) is 125 cm³/mol. The third-order valence-corrected chi connectivity index (χ3v) is 7.08. The summed E-state index contributed by atoms with van der Waals surface area (Å²) in [5.74, 6) is 1.65. The molecule has 3 aromatic heterocycles. The monoisotopic (exact) mass is 455 g/mol. The van der Waals surface area contributed by atoms with E-state index in [4.69, 9.17) is 4.74 Å². The SMILES string of the molecule is Cc1cnc(NC(=O)C2CCC(Oc3ccnc4[nH]nc(N[C@@H]5CCCNC5)c34)CC2)s1. The molecule has 3 aromatic rings. The number of H-pyrrole nitrogens is 1. The second kappa shape index (κ2) is 9.41. The van der Waals surface area contributed by atoms with Crippen molar-refractivity contribution < 1.29 is 9.53 Å². The van der Waals surface area contributed by atoms with Crippen LogP contribution < -0.4 is 20.7 Å². The van der Waals surface area contributed by atoms with Crippen LogP contribution in [0.15, 0.2) is 18.5 Å². The van der Waals surface area contributed by atoms with E-state index in [1.54, 1.807) is 12.4 Å². The zero-order chi connectivity index (χ0) is 21.9. The number of amides is 1. The molecular formula is C22H29N7O2S. The van der Waals surface area contributed by atoms with Crippen LogP contribution in [0.5, 0.6) is 5.75 Å². The Bertz CT molecular complexity index is 1070. The van der Waals surface area contributed by atoms with Gasteiger partial charge in [0.2, 0.25) is 5.91 Å². The van der Waals surface area contributed by atoms with Crippen molar-refractivity contribution >= 4 is 39.2 Å². The first kappa shape index (κ1) is 21.1. The van der Waals surface area contributed by atoms with Crippen LogP contribution in [0.2, 0.25) is 0 Å². The number of nitrogens with zero attached hydrogens (tertiary/aromatic N) is 3. The Morgan fingerprint density at radius 1 is 1.22 bits per heavy atom. The molecule has 0 bridgehead atoms. The number of piperidine rings is 1. The zero-order valence-electron chi connectivity index (χ0n) is 18.2. The Labute approximate surface area is 190 Å². The van der Waals surface area contributed by atoms with Gasteiger partial charge in [0.25, 0.3) is 0 Å². The van der Waals surface area contributed by atoms with Gasteiger partial charge >= 0.3 is 0 Å². The number of fused-ring (bicyclic) bond motifs is 1. The molecule has 1 atom stereocenters. The summed E-state index contributed by atoms with van der Waals surface area (Å²) < 4.78 is 6.41. The summed E-state index contributed by atoms with van der Waals surface area (Å²) in [5.41, 5.74) is 0.723. The van der Waals surface area contributed by atoms with Crippen molar-refractivity contribution in [1.82, 2.24) is 25.5 Å². The minimum Gasteiger partial charge on any atom is -0.489 e. The van der Waals surface area contributed by atoms with Crippen molar-refractivity contribution in [3.63, 3.8) is 0 Å². The summed E-state index contributed by atoms with van der Waals surface area (Å²) in [5, 5.41) is 19.0. The van der Waals surface area contributed by atoms with Gasteiger partial charge in [0.1, 0.15) is 11.1 Å². The number of pyridine rings is 1. The lowest BCUT2D eigenvalue weighted by Crippen LogP contribution is -2.38. The molecule has 170 valence electrons. The molecule has 5 rings (SSSR count). The van der Waals surface area contributed by atoms with Gasteiger partial charge in [-0.05, 0) is 58.1 Å². The molecule has 2 aliphatic rings. The zero-order valence-corrected chi connectivity index (χ0v) is 19.0. The largest absolute Gasteiger partial charge is 0.489 e. The van der Waals surface area contributed by atoms with Crippen molar-refractivity contribution in [2.24, 2.45) is 5.92 Å². The predicted octanol–water partition coefficient (Wildman–Crippen LogP) is 3.46. The summed E-state index contributed by atoms with van der Waals surface area (Å²) in [6, 6.07) is 2.25. The van der Waals surface area contributed by atoms with Gasteiger partial charge in [-0.15, -0.1) is 11.3 Å². The first-order valence-electron chi connectivity index (χ1n) is 11.4. The number of ether oxygens (including phenoxy) is 1. The van der Waals surface area contributed by atoms with Crippen molar-refractivity contribution in [2.45, 2.75) is 57.6 Å². The molecule has 1 aliphatic heterocycles. The van der Waals surface area contributed by atoms with E-state index >= 15 is 0 Å². The first-order valence-corrected chi connectivity index (χ1v) is 12.2. The summed E-state index contributed by atoms with van der Waals surface area (Å²) in [7, 11) is 0. The van der Waals surface area contributed by atoms with Gasteiger partial charge in [-0.1, -0.05) is 0 Å². The Hall–Kier alpha value is -2.72. The summed E-state index contributed by atoms with van der Waals surface area (Å²) in [6.45, 7) is 3.98. The highest BCUT2D eigenvalue weighted by molar-refractivity contribution is 7.15. The van der Waals surface area contributed by atoms with Crippen LogP contribution in [0, 0.1) is 12.8 Å². The molecule has 0 unspecified atom stereocenters. The average Bonchev–Trinajstić information content (AvgIpc) is 3.41. The number of anilines is 2. The molecule has 1 saturated carbocycles. The molecule has 32 heavy (non-hydrogen) atoms. The topological polar surface area (TPSA) is 117 Å². The number of carbonyl (C=O) groups is 1. The molecular weight excluding hydrogens is 426 g/mol. The maximum atomic E-state index is 12.6. The summed E-state index contributed by atoms with van der Waals surface area (Å²) >= 11 is 1.51. The molecule has 9 nitrogen and oxygen atoms in total. The highest BCUT2D eigenvalue weighted by Gasteiger charge is 2.29. The summed E-state index contributed by atoms with van der Waals surface area (Å²) in [6.07, 6.45) is 9.16. The number of thiazole rings is 1. The maximum absolute atomic E-state index is 12.6. The highest BCUT2D eigenvalue weighted by atomic mass is 32.1. The lowest BCUT2D eigenvalue weighted by Gasteiger charge is -2.28. The fraction of sp³-hybridized carbons (Fsp3) is 0.545. The second-order valence-electron chi connectivity index (χ2n) is 8.65.